The summed E-state index contributed by atoms with van der Waals surface area (Å²) in [6, 6.07) is 17.2. The van der Waals surface area contributed by atoms with E-state index in [0.717, 1.165) is 16.7 Å². The van der Waals surface area contributed by atoms with Crippen molar-refractivity contribution >= 4 is 0 Å². The van der Waals surface area contributed by atoms with E-state index in [-0.39, 0.29) is 5.82 Å². The summed E-state index contributed by atoms with van der Waals surface area (Å²) in [5, 5.41) is 0. The first-order chi connectivity index (χ1) is 12.9. The summed E-state index contributed by atoms with van der Waals surface area (Å²) in [5.41, 5.74) is 7.91. The van der Waals surface area contributed by atoms with Crippen LogP contribution in [0.2, 0.25) is 0 Å². The molecule has 0 heterocycles. The van der Waals surface area contributed by atoms with Crippen LogP contribution in [-0.4, -0.2) is 0 Å². The Labute approximate surface area is 161 Å². The van der Waals surface area contributed by atoms with Gasteiger partial charge in [0.2, 0.25) is 0 Å². The third kappa shape index (κ3) is 4.66. The Morgan fingerprint density at radius 3 is 1.67 bits per heavy atom. The van der Waals surface area contributed by atoms with Crippen molar-refractivity contribution < 1.29 is 4.39 Å². The topological polar surface area (TPSA) is 0 Å². The van der Waals surface area contributed by atoms with Gasteiger partial charge in [-0.2, -0.15) is 0 Å². The minimum atomic E-state index is -0.228. The van der Waals surface area contributed by atoms with E-state index in [2.05, 4.69) is 56.6 Å². The lowest BCUT2D eigenvalue weighted by Crippen LogP contribution is -1.88. The Bertz CT molecular complexity index is 1110. The Morgan fingerprint density at radius 2 is 1.04 bits per heavy atom. The lowest BCUT2D eigenvalue weighted by molar-refractivity contribution is 0.618. The van der Waals surface area contributed by atoms with E-state index < -0.39 is 0 Å². The molecule has 0 N–H and O–H groups in total. The molecule has 0 nitrogen and oxygen atoms in total. The van der Waals surface area contributed by atoms with Crippen LogP contribution in [0.1, 0.15) is 44.5 Å². The van der Waals surface area contributed by atoms with Crippen LogP contribution < -0.4 is 0 Å². The van der Waals surface area contributed by atoms with Crippen LogP contribution >= 0.6 is 0 Å². The Morgan fingerprint density at radius 1 is 0.519 bits per heavy atom. The fourth-order valence-electron chi connectivity index (χ4n) is 2.69. The first kappa shape index (κ1) is 18.5. The molecule has 0 aliphatic rings. The lowest BCUT2D eigenvalue weighted by Gasteiger charge is -2.04. The Kier molecular flexibility index (Phi) is 5.44. The first-order valence-electron chi connectivity index (χ1n) is 8.90. The largest absolute Gasteiger partial charge is 0.207 e. The average molecular weight is 352 g/mol. The summed E-state index contributed by atoms with van der Waals surface area (Å²) in [4.78, 5) is 0. The van der Waals surface area contributed by atoms with Crippen LogP contribution in [0.15, 0.2) is 54.6 Å². The van der Waals surface area contributed by atoms with Gasteiger partial charge in [0.25, 0.3) is 0 Å². The molecular weight excluding hydrogens is 331 g/mol. The molecule has 0 fully saturated rings. The minimum absolute atomic E-state index is 0.228. The van der Waals surface area contributed by atoms with Gasteiger partial charge in [0.15, 0.2) is 0 Å². The molecule has 3 rings (SSSR count). The van der Waals surface area contributed by atoms with Crippen molar-refractivity contribution in [1.29, 1.82) is 0 Å². The van der Waals surface area contributed by atoms with Crippen LogP contribution in [-0.2, 0) is 0 Å². The molecule has 0 aromatic heterocycles. The van der Waals surface area contributed by atoms with E-state index in [4.69, 9.17) is 0 Å². The molecule has 0 bridgehead atoms. The monoisotopic (exact) mass is 352 g/mol. The molecule has 0 spiro atoms. The molecule has 0 atom stereocenters. The predicted molar refractivity (Wildman–Crippen MR) is 110 cm³/mol. The normalized spacial score (nSPS) is 9.81. The zero-order valence-corrected chi connectivity index (χ0v) is 16.1. The van der Waals surface area contributed by atoms with Crippen molar-refractivity contribution in [2.45, 2.75) is 27.7 Å². The number of hydrogen-bond donors (Lipinski definition) is 0. The van der Waals surface area contributed by atoms with Crippen molar-refractivity contribution in [2.24, 2.45) is 0 Å². The second-order valence-electron chi connectivity index (χ2n) is 6.79. The summed E-state index contributed by atoms with van der Waals surface area (Å²) >= 11 is 0. The standard InChI is InChI=1S/C26H21F/c1-18-5-6-24(17-26(18)27)12-11-22-7-9-23(10-8-22)13-14-25-16-20(3)19(2)15-21(25)4/h5-10,15-17H,1-4H3. The molecule has 0 amide bonds. The minimum Gasteiger partial charge on any atom is -0.207 e. The summed E-state index contributed by atoms with van der Waals surface area (Å²) < 4.78 is 13.6. The van der Waals surface area contributed by atoms with Gasteiger partial charge >= 0.3 is 0 Å². The fourth-order valence-corrected chi connectivity index (χ4v) is 2.69. The van der Waals surface area contributed by atoms with Crippen molar-refractivity contribution in [2.75, 3.05) is 0 Å². The molecule has 0 unspecified atom stereocenters. The highest BCUT2D eigenvalue weighted by Crippen LogP contribution is 2.14. The van der Waals surface area contributed by atoms with Crippen LogP contribution in [0, 0.1) is 57.2 Å². The van der Waals surface area contributed by atoms with Crippen LogP contribution in [0.25, 0.3) is 0 Å². The second-order valence-corrected chi connectivity index (χ2v) is 6.79. The molecule has 3 aromatic rings. The average Bonchev–Trinajstić information content (AvgIpc) is 2.65. The summed E-state index contributed by atoms with van der Waals surface area (Å²) in [7, 11) is 0. The lowest BCUT2D eigenvalue weighted by atomic mass is 10.0. The number of aryl methyl sites for hydroxylation is 4. The Hall–Kier alpha value is -3.29. The molecule has 27 heavy (non-hydrogen) atoms. The van der Waals surface area contributed by atoms with Crippen LogP contribution in [0.4, 0.5) is 4.39 Å². The highest BCUT2D eigenvalue weighted by molar-refractivity contribution is 5.51. The van der Waals surface area contributed by atoms with E-state index in [1.54, 1.807) is 13.0 Å². The van der Waals surface area contributed by atoms with Crippen molar-refractivity contribution in [3.05, 3.63) is 105 Å². The first-order valence-corrected chi connectivity index (χ1v) is 8.90. The smallest absolute Gasteiger partial charge is 0.127 e. The van der Waals surface area contributed by atoms with Crippen LogP contribution in [0.3, 0.4) is 0 Å². The van der Waals surface area contributed by atoms with Crippen LogP contribution in [0.5, 0.6) is 0 Å². The number of halogens is 1. The van der Waals surface area contributed by atoms with E-state index in [9.17, 15) is 4.39 Å². The van der Waals surface area contributed by atoms with E-state index >= 15 is 0 Å². The molecular formula is C26H21F. The molecule has 132 valence electrons. The molecule has 0 saturated carbocycles. The zero-order chi connectivity index (χ0) is 19.4. The van der Waals surface area contributed by atoms with E-state index in [1.165, 1.54) is 22.8 Å². The third-order valence-corrected chi connectivity index (χ3v) is 4.59. The van der Waals surface area contributed by atoms with Crippen molar-refractivity contribution in [3.63, 3.8) is 0 Å². The highest BCUT2D eigenvalue weighted by Gasteiger charge is 1.99. The van der Waals surface area contributed by atoms with Gasteiger partial charge in [-0.15, -0.1) is 0 Å². The maximum Gasteiger partial charge on any atom is 0.127 e. The van der Waals surface area contributed by atoms with Gasteiger partial charge in [-0.05, 0) is 92.4 Å². The van der Waals surface area contributed by atoms with Gasteiger partial charge in [-0.25, -0.2) is 4.39 Å². The quantitative estimate of drug-likeness (QED) is 0.445. The summed E-state index contributed by atoms with van der Waals surface area (Å²) in [5.74, 6) is 12.3. The van der Waals surface area contributed by atoms with Crippen molar-refractivity contribution in [3.8, 4) is 23.7 Å². The maximum atomic E-state index is 13.6. The van der Waals surface area contributed by atoms with E-state index in [0.29, 0.717) is 11.1 Å². The van der Waals surface area contributed by atoms with E-state index in [1.807, 2.05) is 30.3 Å². The second kappa shape index (κ2) is 7.94. The zero-order valence-electron chi connectivity index (χ0n) is 16.1. The van der Waals surface area contributed by atoms with Gasteiger partial charge in [0.1, 0.15) is 5.82 Å². The van der Waals surface area contributed by atoms with Gasteiger partial charge in [-0.3, -0.25) is 0 Å². The number of benzene rings is 3. The highest BCUT2D eigenvalue weighted by atomic mass is 19.1. The molecule has 0 aliphatic carbocycles. The maximum absolute atomic E-state index is 13.6. The molecule has 0 radical (unpaired) electrons. The predicted octanol–water partition coefficient (Wildman–Crippen LogP) is 5.86. The molecule has 0 saturated heterocycles. The molecule has 1 heteroatoms. The molecule has 3 aromatic carbocycles. The van der Waals surface area contributed by atoms with Gasteiger partial charge in [-0.1, -0.05) is 35.8 Å². The molecule has 0 aliphatic heterocycles. The SMILES string of the molecule is Cc1cc(C)c(C#Cc2ccc(C#Cc3ccc(C)c(F)c3)cc2)cc1C. The van der Waals surface area contributed by atoms with Gasteiger partial charge in [0, 0.05) is 22.3 Å². The number of hydrogen-bond acceptors (Lipinski definition) is 0. The van der Waals surface area contributed by atoms with Gasteiger partial charge in [0.05, 0.1) is 0 Å². The van der Waals surface area contributed by atoms with Crippen molar-refractivity contribution in [1.82, 2.24) is 0 Å². The summed E-state index contributed by atoms with van der Waals surface area (Å²) in [6.45, 7) is 8.05. The Balaban J connectivity index is 1.78. The van der Waals surface area contributed by atoms with Gasteiger partial charge < -0.3 is 0 Å². The number of rotatable bonds is 0. The summed E-state index contributed by atoms with van der Waals surface area (Å²) in [6.07, 6.45) is 0. The third-order valence-electron chi connectivity index (χ3n) is 4.59. The fraction of sp³-hybridized carbons (Fsp3) is 0.154.